The number of nitrogens with one attached hydrogen (secondary N) is 1. The Morgan fingerprint density at radius 3 is 2.39 bits per heavy atom. The normalized spacial score (nSPS) is 14.8. The van der Waals surface area contributed by atoms with Crippen molar-refractivity contribution >= 4 is 17.5 Å². The second-order valence-corrected chi connectivity index (χ2v) is 7.43. The lowest BCUT2D eigenvalue weighted by Gasteiger charge is -2.35. The topological polar surface area (TPSA) is 62.6 Å². The molecule has 1 aromatic heterocycles. The molecule has 174 valence electrons. The Labute approximate surface area is 187 Å². The number of hydrogen-bond donors (Lipinski definition) is 1. The van der Waals surface area contributed by atoms with Crippen molar-refractivity contribution in [1.29, 1.82) is 0 Å². The van der Waals surface area contributed by atoms with Gasteiger partial charge in [0, 0.05) is 44.3 Å². The van der Waals surface area contributed by atoms with Gasteiger partial charge in [-0.15, -0.1) is 13.2 Å². The van der Waals surface area contributed by atoms with Gasteiger partial charge < -0.3 is 15.0 Å². The third kappa shape index (κ3) is 5.80. The number of anilines is 2. The summed E-state index contributed by atoms with van der Waals surface area (Å²) in [5.74, 6) is -0.346. The molecule has 1 aliphatic heterocycles. The van der Waals surface area contributed by atoms with Crippen molar-refractivity contribution in [3.05, 3.63) is 66.7 Å². The molecule has 0 bridgehead atoms. The zero-order valence-electron chi connectivity index (χ0n) is 17.4. The maximum atomic E-state index is 14.2. The average Bonchev–Trinajstić information content (AvgIpc) is 3.24. The number of benzene rings is 2. The number of ether oxygens (including phenoxy) is 1. The highest BCUT2D eigenvalue weighted by Crippen LogP contribution is 2.24. The van der Waals surface area contributed by atoms with Crippen LogP contribution in [-0.4, -0.2) is 59.4 Å². The van der Waals surface area contributed by atoms with E-state index in [-0.39, 0.29) is 24.0 Å². The van der Waals surface area contributed by atoms with Crippen molar-refractivity contribution in [1.82, 2.24) is 14.5 Å². The van der Waals surface area contributed by atoms with E-state index in [4.69, 9.17) is 0 Å². The zero-order valence-corrected chi connectivity index (χ0v) is 17.4. The lowest BCUT2D eigenvalue weighted by atomic mass is 10.3. The van der Waals surface area contributed by atoms with Gasteiger partial charge in [-0.2, -0.15) is 0 Å². The predicted octanol–water partition coefficient (Wildman–Crippen LogP) is 3.67. The highest BCUT2D eigenvalue weighted by Gasteiger charge is 2.31. The lowest BCUT2D eigenvalue weighted by molar-refractivity contribution is -0.274. The third-order valence-corrected chi connectivity index (χ3v) is 5.13. The van der Waals surface area contributed by atoms with Crippen molar-refractivity contribution < 1.29 is 27.1 Å². The first-order valence-electron chi connectivity index (χ1n) is 10.2. The van der Waals surface area contributed by atoms with E-state index >= 15 is 0 Å². The highest BCUT2D eigenvalue weighted by molar-refractivity contribution is 5.92. The molecule has 1 N–H and O–H groups in total. The van der Waals surface area contributed by atoms with Crippen molar-refractivity contribution in [2.45, 2.75) is 6.36 Å². The van der Waals surface area contributed by atoms with E-state index in [9.17, 15) is 22.4 Å². The quantitative estimate of drug-likeness (QED) is 0.566. The molecule has 1 aliphatic rings. The van der Waals surface area contributed by atoms with Gasteiger partial charge in [-0.1, -0.05) is 12.1 Å². The van der Waals surface area contributed by atoms with E-state index in [1.807, 2.05) is 9.80 Å². The minimum atomic E-state index is -4.76. The SMILES string of the molecule is O=C(CN1CCN(c2nccn2-c2ccccc2F)CC1)Nc1ccc(OC(F)(F)F)cc1. The Bertz CT molecular complexity index is 1090. The first-order chi connectivity index (χ1) is 15.8. The highest BCUT2D eigenvalue weighted by atomic mass is 19.4. The molecule has 0 saturated carbocycles. The van der Waals surface area contributed by atoms with E-state index in [1.54, 1.807) is 35.2 Å². The first-order valence-corrected chi connectivity index (χ1v) is 10.2. The Balaban J connectivity index is 1.29. The molecular formula is C22H21F4N5O2. The number of amides is 1. The van der Waals surface area contributed by atoms with Crippen LogP contribution in [0.15, 0.2) is 60.9 Å². The fourth-order valence-corrected chi connectivity index (χ4v) is 3.61. The summed E-state index contributed by atoms with van der Waals surface area (Å²) in [7, 11) is 0. The van der Waals surface area contributed by atoms with Crippen molar-refractivity contribution in [2.24, 2.45) is 0 Å². The smallest absolute Gasteiger partial charge is 0.406 e. The first kappa shape index (κ1) is 22.6. The Morgan fingerprint density at radius 2 is 1.73 bits per heavy atom. The van der Waals surface area contributed by atoms with E-state index in [0.29, 0.717) is 43.5 Å². The Hall–Kier alpha value is -3.60. The van der Waals surface area contributed by atoms with Crippen LogP contribution in [0.5, 0.6) is 5.75 Å². The number of para-hydroxylation sites is 1. The van der Waals surface area contributed by atoms with Crippen LogP contribution in [-0.2, 0) is 4.79 Å². The largest absolute Gasteiger partial charge is 0.573 e. The average molecular weight is 463 g/mol. The van der Waals surface area contributed by atoms with Crippen LogP contribution in [0.1, 0.15) is 0 Å². The van der Waals surface area contributed by atoms with Crippen LogP contribution in [0.25, 0.3) is 5.69 Å². The number of imidazole rings is 1. The summed E-state index contributed by atoms with van der Waals surface area (Å²) in [4.78, 5) is 20.7. The van der Waals surface area contributed by atoms with Gasteiger partial charge in [0.25, 0.3) is 0 Å². The molecule has 0 unspecified atom stereocenters. The van der Waals surface area contributed by atoms with Crippen LogP contribution in [0.4, 0.5) is 29.2 Å². The number of piperazine rings is 1. The van der Waals surface area contributed by atoms with E-state index in [0.717, 1.165) is 12.1 Å². The Kier molecular flexibility index (Phi) is 6.50. The minimum Gasteiger partial charge on any atom is -0.406 e. The van der Waals surface area contributed by atoms with Crippen LogP contribution in [0, 0.1) is 5.82 Å². The molecule has 0 aliphatic carbocycles. The third-order valence-electron chi connectivity index (χ3n) is 5.13. The molecule has 1 amide bonds. The summed E-state index contributed by atoms with van der Waals surface area (Å²) in [6.07, 6.45) is -1.44. The summed E-state index contributed by atoms with van der Waals surface area (Å²) in [6, 6.07) is 11.4. The minimum absolute atomic E-state index is 0.135. The molecule has 3 aromatic rings. The van der Waals surface area contributed by atoms with Crippen LogP contribution < -0.4 is 15.0 Å². The maximum absolute atomic E-state index is 14.2. The number of carbonyl (C=O) groups is 1. The standard InChI is InChI=1S/C22H21F4N5O2/c23-18-3-1-2-4-19(18)31-10-9-27-21(31)30-13-11-29(12-14-30)15-20(32)28-16-5-7-17(8-6-16)33-22(24,25)26/h1-10H,11-15H2,(H,28,32). The van der Waals surface area contributed by atoms with Crippen LogP contribution >= 0.6 is 0 Å². The second-order valence-electron chi connectivity index (χ2n) is 7.43. The van der Waals surface area contributed by atoms with Gasteiger partial charge >= 0.3 is 6.36 Å². The second kappa shape index (κ2) is 9.49. The molecule has 0 atom stereocenters. The molecule has 4 rings (SSSR count). The number of nitrogens with zero attached hydrogens (tertiary/aromatic N) is 4. The van der Waals surface area contributed by atoms with Crippen molar-refractivity contribution in [3.63, 3.8) is 0 Å². The van der Waals surface area contributed by atoms with Gasteiger partial charge in [0.2, 0.25) is 11.9 Å². The Morgan fingerprint density at radius 1 is 1.03 bits per heavy atom. The monoisotopic (exact) mass is 463 g/mol. The number of alkyl halides is 3. The van der Waals surface area contributed by atoms with Crippen molar-refractivity contribution in [2.75, 3.05) is 42.9 Å². The van der Waals surface area contributed by atoms with Gasteiger partial charge in [0.1, 0.15) is 11.6 Å². The molecule has 11 heteroatoms. The fraction of sp³-hybridized carbons (Fsp3) is 0.273. The van der Waals surface area contributed by atoms with Crippen LogP contribution in [0.2, 0.25) is 0 Å². The predicted molar refractivity (Wildman–Crippen MR) is 114 cm³/mol. The van der Waals surface area contributed by atoms with Gasteiger partial charge in [-0.3, -0.25) is 14.3 Å². The zero-order chi connectivity index (χ0) is 23.4. The summed E-state index contributed by atoms with van der Waals surface area (Å²) in [6.45, 7) is 2.52. The molecule has 0 spiro atoms. The molecule has 7 nitrogen and oxygen atoms in total. The summed E-state index contributed by atoms with van der Waals surface area (Å²) >= 11 is 0. The van der Waals surface area contributed by atoms with Gasteiger partial charge in [-0.25, -0.2) is 9.37 Å². The van der Waals surface area contributed by atoms with Crippen LogP contribution in [0.3, 0.4) is 0 Å². The lowest BCUT2D eigenvalue weighted by Crippen LogP contribution is -2.49. The number of hydrogen-bond acceptors (Lipinski definition) is 5. The number of carbonyl (C=O) groups excluding carboxylic acids is 1. The van der Waals surface area contributed by atoms with Gasteiger partial charge in [0.05, 0.1) is 12.2 Å². The molecule has 33 heavy (non-hydrogen) atoms. The molecule has 1 fully saturated rings. The summed E-state index contributed by atoms with van der Waals surface area (Å²) in [5, 5.41) is 2.67. The van der Waals surface area contributed by atoms with E-state index in [2.05, 4.69) is 15.0 Å². The molecule has 2 heterocycles. The number of halogens is 4. The van der Waals surface area contributed by atoms with Crippen molar-refractivity contribution in [3.8, 4) is 11.4 Å². The van der Waals surface area contributed by atoms with Gasteiger partial charge in [0.15, 0.2) is 0 Å². The van der Waals surface area contributed by atoms with E-state index in [1.165, 1.54) is 18.2 Å². The fourth-order valence-electron chi connectivity index (χ4n) is 3.61. The number of rotatable bonds is 6. The summed E-state index contributed by atoms with van der Waals surface area (Å²) in [5.41, 5.74) is 0.790. The van der Waals surface area contributed by atoms with E-state index < -0.39 is 6.36 Å². The summed E-state index contributed by atoms with van der Waals surface area (Å²) < 4.78 is 56.4. The molecule has 1 saturated heterocycles. The van der Waals surface area contributed by atoms with Gasteiger partial charge in [-0.05, 0) is 36.4 Å². The maximum Gasteiger partial charge on any atom is 0.573 e. The molecule has 0 radical (unpaired) electrons. The molecule has 2 aromatic carbocycles. The molecular weight excluding hydrogens is 442 g/mol. The number of aromatic nitrogens is 2.